The Morgan fingerprint density at radius 1 is 1.03 bits per heavy atom. The highest BCUT2D eigenvalue weighted by molar-refractivity contribution is 5.94. The second-order valence-electron chi connectivity index (χ2n) is 7.32. The van der Waals surface area contributed by atoms with Gasteiger partial charge in [-0.3, -0.25) is 0 Å². The SMILES string of the molecule is C=C(C)C(=O)OCCOCCOCCOc1c(C)cc(OCC2CO2)c2ccccc12. The third-order valence-corrected chi connectivity index (χ3v) is 4.63. The summed E-state index contributed by atoms with van der Waals surface area (Å²) < 4.78 is 33.1. The highest BCUT2D eigenvalue weighted by Gasteiger charge is 2.23. The number of fused-ring (bicyclic) bond motifs is 1. The molecule has 31 heavy (non-hydrogen) atoms. The lowest BCUT2D eigenvalue weighted by Crippen LogP contribution is -2.14. The molecule has 2 aromatic carbocycles. The van der Waals surface area contributed by atoms with Crippen molar-refractivity contribution in [3.8, 4) is 11.5 Å². The fraction of sp³-hybridized carbons (Fsp3) is 0.458. The quantitative estimate of drug-likeness (QED) is 0.197. The molecule has 3 rings (SSSR count). The highest BCUT2D eigenvalue weighted by Crippen LogP contribution is 2.36. The number of hydrogen-bond acceptors (Lipinski definition) is 7. The lowest BCUT2D eigenvalue weighted by atomic mass is 10.0. The number of carbonyl (C=O) groups excluding carboxylic acids is 1. The Hall–Kier alpha value is -2.61. The number of esters is 1. The van der Waals surface area contributed by atoms with Crippen molar-refractivity contribution in [1.29, 1.82) is 0 Å². The molecular weight excluding hydrogens is 400 g/mol. The molecule has 1 heterocycles. The van der Waals surface area contributed by atoms with Crippen molar-refractivity contribution in [2.75, 3.05) is 52.9 Å². The van der Waals surface area contributed by atoms with Crippen LogP contribution in [0.15, 0.2) is 42.5 Å². The van der Waals surface area contributed by atoms with E-state index in [1.807, 2.05) is 37.3 Å². The molecule has 0 bridgehead atoms. The summed E-state index contributed by atoms with van der Waals surface area (Å²) in [5, 5.41) is 2.03. The van der Waals surface area contributed by atoms with E-state index in [9.17, 15) is 4.79 Å². The van der Waals surface area contributed by atoms with Gasteiger partial charge >= 0.3 is 5.97 Å². The third-order valence-electron chi connectivity index (χ3n) is 4.63. The van der Waals surface area contributed by atoms with Crippen molar-refractivity contribution in [3.63, 3.8) is 0 Å². The molecule has 7 heteroatoms. The Bertz CT molecular complexity index is 889. The lowest BCUT2D eigenvalue weighted by Gasteiger charge is -2.16. The highest BCUT2D eigenvalue weighted by atomic mass is 16.6. The maximum Gasteiger partial charge on any atom is 0.333 e. The fourth-order valence-corrected chi connectivity index (χ4v) is 2.95. The molecule has 0 spiro atoms. The Kier molecular flexibility index (Phi) is 8.70. The van der Waals surface area contributed by atoms with Gasteiger partial charge in [0.1, 0.15) is 37.4 Å². The minimum absolute atomic E-state index is 0.203. The first-order valence-corrected chi connectivity index (χ1v) is 10.4. The topological polar surface area (TPSA) is 75.8 Å². The summed E-state index contributed by atoms with van der Waals surface area (Å²) in [6.45, 7) is 10.7. The Morgan fingerprint density at radius 3 is 2.35 bits per heavy atom. The van der Waals surface area contributed by atoms with E-state index in [1.165, 1.54) is 0 Å². The van der Waals surface area contributed by atoms with E-state index in [-0.39, 0.29) is 12.7 Å². The predicted molar refractivity (Wildman–Crippen MR) is 117 cm³/mol. The molecule has 1 atom stereocenters. The molecule has 168 valence electrons. The van der Waals surface area contributed by atoms with Crippen LogP contribution in [0.4, 0.5) is 0 Å². The minimum Gasteiger partial charge on any atom is -0.490 e. The largest absolute Gasteiger partial charge is 0.490 e. The maximum atomic E-state index is 11.2. The monoisotopic (exact) mass is 430 g/mol. The molecule has 1 aliphatic rings. The molecule has 0 radical (unpaired) electrons. The molecule has 1 saturated heterocycles. The molecule has 7 nitrogen and oxygen atoms in total. The van der Waals surface area contributed by atoms with E-state index in [0.717, 1.165) is 34.4 Å². The van der Waals surface area contributed by atoms with Crippen molar-refractivity contribution in [3.05, 3.63) is 48.0 Å². The zero-order chi connectivity index (χ0) is 22.1. The first-order chi connectivity index (χ1) is 15.1. The van der Waals surface area contributed by atoms with E-state index in [4.69, 9.17) is 28.4 Å². The first-order valence-electron chi connectivity index (χ1n) is 10.4. The summed E-state index contributed by atoms with van der Waals surface area (Å²) in [5.41, 5.74) is 1.39. The van der Waals surface area contributed by atoms with Gasteiger partial charge in [0.2, 0.25) is 0 Å². The number of rotatable bonds is 14. The van der Waals surface area contributed by atoms with Crippen molar-refractivity contribution in [2.24, 2.45) is 0 Å². The molecule has 0 amide bonds. The van der Waals surface area contributed by atoms with Crippen LogP contribution in [0, 0.1) is 6.92 Å². The Labute approximate surface area is 182 Å². The molecule has 0 N–H and O–H groups in total. The third kappa shape index (κ3) is 7.24. The van der Waals surface area contributed by atoms with Crippen molar-refractivity contribution >= 4 is 16.7 Å². The number of hydrogen-bond donors (Lipinski definition) is 0. The minimum atomic E-state index is -0.406. The van der Waals surface area contributed by atoms with E-state index >= 15 is 0 Å². The van der Waals surface area contributed by atoms with Crippen molar-refractivity contribution in [2.45, 2.75) is 20.0 Å². The molecule has 0 aliphatic carbocycles. The molecule has 1 aliphatic heterocycles. The van der Waals surface area contributed by atoms with Crippen LogP contribution in [0.1, 0.15) is 12.5 Å². The lowest BCUT2D eigenvalue weighted by molar-refractivity contribution is -0.140. The average Bonchev–Trinajstić information content (AvgIpc) is 3.59. The van der Waals surface area contributed by atoms with Gasteiger partial charge in [-0.25, -0.2) is 4.79 Å². The first kappa shape index (κ1) is 23.1. The average molecular weight is 430 g/mol. The van der Waals surface area contributed by atoms with Gasteiger partial charge in [0.05, 0.1) is 33.0 Å². The van der Waals surface area contributed by atoms with Gasteiger partial charge < -0.3 is 28.4 Å². The number of aryl methyl sites for hydroxylation is 1. The number of epoxide rings is 1. The van der Waals surface area contributed by atoms with Crippen LogP contribution >= 0.6 is 0 Å². The summed E-state index contributed by atoms with van der Waals surface area (Å²) in [5.74, 6) is 1.28. The second kappa shape index (κ2) is 11.7. The van der Waals surface area contributed by atoms with Crippen LogP contribution in [0.2, 0.25) is 0 Å². The number of ether oxygens (including phenoxy) is 6. The molecule has 0 saturated carbocycles. The summed E-state index contributed by atoms with van der Waals surface area (Å²) >= 11 is 0. The smallest absolute Gasteiger partial charge is 0.333 e. The fourth-order valence-electron chi connectivity index (χ4n) is 2.95. The number of benzene rings is 2. The van der Waals surface area contributed by atoms with E-state index in [0.29, 0.717) is 45.2 Å². The molecule has 1 unspecified atom stereocenters. The Balaban J connectivity index is 1.38. The van der Waals surface area contributed by atoms with E-state index in [1.54, 1.807) is 6.92 Å². The van der Waals surface area contributed by atoms with Crippen LogP contribution in [-0.2, 0) is 23.7 Å². The van der Waals surface area contributed by atoms with Gasteiger partial charge in [0, 0.05) is 16.3 Å². The summed E-state index contributed by atoms with van der Waals surface area (Å²) in [6.07, 6.45) is 0.211. The Morgan fingerprint density at radius 2 is 1.68 bits per heavy atom. The predicted octanol–water partition coefficient (Wildman–Crippen LogP) is 3.46. The number of carbonyl (C=O) groups is 1. The normalized spacial score (nSPS) is 15.0. The second-order valence-corrected chi connectivity index (χ2v) is 7.32. The van der Waals surface area contributed by atoms with Gasteiger partial charge in [-0.15, -0.1) is 0 Å². The zero-order valence-electron chi connectivity index (χ0n) is 18.2. The summed E-state index contributed by atoms with van der Waals surface area (Å²) in [4.78, 5) is 11.2. The summed E-state index contributed by atoms with van der Waals surface area (Å²) in [7, 11) is 0. The van der Waals surface area contributed by atoms with Gasteiger partial charge in [-0.05, 0) is 25.5 Å². The molecule has 2 aromatic rings. The van der Waals surface area contributed by atoms with Gasteiger partial charge in [0.25, 0.3) is 0 Å². The van der Waals surface area contributed by atoms with Crippen LogP contribution in [0.5, 0.6) is 11.5 Å². The van der Waals surface area contributed by atoms with Crippen molar-refractivity contribution in [1.82, 2.24) is 0 Å². The van der Waals surface area contributed by atoms with E-state index < -0.39 is 5.97 Å². The molecule has 1 fully saturated rings. The molecule has 0 aromatic heterocycles. The van der Waals surface area contributed by atoms with Crippen LogP contribution in [-0.4, -0.2) is 64.9 Å². The van der Waals surface area contributed by atoms with Gasteiger partial charge in [-0.2, -0.15) is 0 Å². The standard InChI is InChI=1S/C24H30O7/c1-17(2)24(25)29-13-11-27-9-8-26-10-12-28-23-18(3)14-22(31-16-19-15-30-19)20-6-4-5-7-21(20)23/h4-7,14,19H,1,8-13,15-16H2,2-3H3. The van der Waals surface area contributed by atoms with Crippen LogP contribution in [0.3, 0.4) is 0 Å². The molecular formula is C24H30O7. The van der Waals surface area contributed by atoms with Crippen LogP contribution in [0.25, 0.3) is 10.8 Å². The van der Waals surface area contributed by atoms with Crippen molar-refractivity contribution < 1.29 is 33.2 Å². The maximum absolute atomic E-state index is 11.2. The van der Waals surface area contributed by atoms with Gasteiger partial charge in [0.15, 0.2) is 0 Å². The zero-order valence-corrected chi connectivity index (χ0v) is 18.2. The van der Waals surface area contributed by atoms with E-state index in [2.05, 4.69) is 6.58 Å². The summed E-state index contributed by atoms with van der Waals surface area (Å²) in [6, 6.07) is 10.1. The van der Waals surface area contributed by atoms with Crippen LogP contribution < -0.4 is 9.47 Å². The van der Waals surface area contributed by atoms with Gasteiger partial charge in [-0.1, -0.05) is 30.8 Å².